The summed E-state index contributed by atoms with van der Waals surface area (Å²) in [5, 5.41) is 12.1. The Balaban J connectivity index is 2.08. The van der Waals surface area contributed by atoms with Gasteiger partial charge in [0.2, 0.25) is 0 Å². The number of rotatable bonds is 2. The summed E-state index contributed by atoms with van der Waals surface area (Å²) in [6, 6.07) is 8.16. The van der Waals surface area contributed by atoms with E-state index in [0.29, 0.717) is 0 Å². The molecule has 0 saturated carbocycles. The molecule has 1 aromatic rings. The molecule has 122 valence electrons. The van der Waals surface area contributed by atoms with Crippen molar-refractivity contribution in [3.8, 4) is 0 Å². The molecule has 1 saturated heterocycles. The molecule has 1 fully saturated rings. The quantitative estimate of drug-likeness (QED) is 0.852. The molecule has 1 N–H and O–H groups in total. The molecule has 22 heavy (non-hydrogen) atoms. The number of carbonyl (C=O) groups excluding carboxylic acids is 1. The molecule has 1 aliphatic rings. The van der Waals surface area contributed by atoms with Crippen LogP contribution in [0.1, 0.15) is 26.3 Å². The minimum absolute atomic E-state index is 0.289. The summed E-state index contributed by atoms with van der Waals surface area (Å²) < 4.78 is 5.33. The van der Waals surface area contributed by atoms with Crippen molar-refractivity contribution in [2.75, 3.05) is 13.1 Å². The summed E-state index contributed by atoms with van der Waals surface area (Å²) in [5.41, 5.74) is -0.568. The minimum atomic E-state index is -1.42. The van der Waals surface area contributed by atoms with Crippen LogP contribution in [-0.4, -0.2) is 42.9 Å². The lowest BCUT2D eigenvalue weighted by Gasteiger charge is -2.46. The third-order valence-corrected chi connectivity index (χ3v) is 5.87. The molecule has 0 atom stereocenters. The average molecular weight is 321 g/mol. The van der Waals surface area contributed by atoms with Gasteiger partial charge in [0.1, 0.15) is 11.2 Å². The second-order valence-electron chi connectivity index (χ2n) is 8.20. The lowest BCUT2D eigenvalue weighted by atomic mass is 9.86. The van der Waals surface area contributed by atoms with Crippen LogP contribution in [0.4, 0.5) is 4.79 Å². The number of carbonyl (C=O) groups is 1. The number of hydrogen-bond acceptors (Lipinski definition) is 3. The number of ether oxygens (including phenoxy) is 1. The van der Waals surface area contributed by atoms with Crippen molar-refractivity contribution in [2.24, 2.45) is 0 Å². The highest BCUT2D eigenvalue weighted by Gasteiger charge is 2.46. The van der Waals surface area contributed by atoms with Gasteiger partial charge in [0.15, 0.2) is 0 Å². The van der Waals surface area contributed by atoms with Crippen molar-refractivity contribution in [3.05, 3.63) is 29.8 Å². The van der Waals surface area contributed by atoms with Crippen LogP contribution in [0.3, 0.4) is 0 Å². The number of amides is 1. The smallest absolute Gasteiger partial charge is 0.410 e. The van der Waals surface area contributed by atoms with E-state index in [4.69, 9.17) is 4.74 Å². The molecule has 1 amide bonds. The van der Waals surface area contributed by atoms with Crippen molar-refractivity contribution in [1.82, 2.24) is 4.90 Å². The lowest BCUT2D eigenvalue weighted by Crippen LogP contribution is -2.62. The molecular weight excluding hydrogens is 294 g/mol. The van der Waals surface area contributed by atoms with Crippen molar-refractivity contribution < 1.29 is 14.6 Å². The van der Waals surface area contributed by atoms with Gasteiger partial charge in [0.05, 0.1) is 21.2 Å². The SMILES string of the molecule is CC(C)(C)OC(=O)N1CC(O)(c2cccc([Si](C)(C)C)c2)C1. The number of benzene rings is 1. The minimum Gasteiger partial charge on any atom is -0.444 e. The number of likely N-dealkylation sites (tertiary alicyclic amines) is 1. The van der Waals surface area contributed by atoms with Gasteiger partial charge < -0.3 is 14.7 Å². The predicted molar refractivity (Wildman–Crippen MR) is 91.1 cm³/mol. The highest BCUT2D eigenvalue weighted by molar-refractivity contribution is 6.88. The van der Waals surface area contributed by atoms with Gasteiger partial charge in [-0.1, -0.05) is 49.1 Å². The topological polar surface area (TPSA) is 49.8 Å². The molecule has 0 radical (unpaired) electrons. The van der Waals surface area contributed by atoms with Crippen molar-refractivity contribution >= 4 is 19.4 Å². The van der Waals surface area contributed by atoms with Gasteiger partial charge >= 0.3 is 6.09 Å². The molecule has 1 heterocycles. The van der Waals surface area contributed by atoms with Crippen LogP contribution in [0, 0.1) is 0 Å². The highest BCUT2D eigenvalue weighted by Crippen LogP contribution is 2.32. The second kappa shape index (κ2) is 5.39. The van der Waals surface area contributed by atoms with Crippen LogP contribution < -0.4 is 5.19 Å². The van der Waals surface area contributed by atoms with Gasteiger partial charge in [-0.25, -0.2) is 4.79 Å². The van der Waals surface area contributed by atoms with Crippen molar-refractivity contribution in [1.29, 1.82) is 0 Å². The monoisotopic (exact) mass is 321 g/mol. The Hall–Kier alpha value is -1.33. The maximum absolute atomic E-state index is 12.0. The van der Waals surface area contributed by atoms with E-state index < -0.39 is 19.3 Å². The van der Waals surface area contributed by atoms with E-state index in [0.717, 1.165) is 5.56 Å². The van der Waals surface area contributed by atoms with Gasteiger partial charge in [-0.2, -0.15) is 0 Å². The van der Waals surface area contributed by atoms with E-state index in [1.165, 1.54) is 5.19 Å². The lowest BCUT2D eigenvalue weighted by molar-refractivity contribution is -0.103. The number of nitrogens with zero attached hydrogens (tertiary/aromatic N) is 1. The first-order valence-corrected chi connectivity index (χ1v) is 11.2. The van der Waals surface area contributed by atoms with Crippen LogP contribution in [0.2, 0.25) is 19.6 Å². The Morgan fingerprint density at radius 3 is 2.36 bits per heavy atom. The summed E-state index contributed by atoms with van der Waals surface area (Å²) in [5.74, 6) is 0. The first-order chi connectivity index (χ1) is 9.91. The van der Waals surface area contributed by atoms with Gasteiger partial charge in [-0.15, -0.1) is 0 Å². The third-order valence-electron chi connectivity index (χ3n) is 3.82. The molecule has 0 unspecified atom stereocenters. The molecule has 1 aliphatic heterocycles. The summed E-state index contributed by atoms with van der Waals surface area (Å²) in [6.45, 7) is 12.9. The molecule has 2 rings (SSSR count). The van der Waals surface area contributed by atoms with Crippen LogP contribution >= 0.6 is 0 Å². The fourth-order valence-electron chi connectivity index (χ4n) is 2.50. The molecule has 0 spiro atoms. The number of aliphatic hydroxyl groups is 1. The van der Waals surface area contributed by atoms with E-state index in [9.17, 15) is 9.90 Å². The molecule has 0 aliphatic carbocycles. The maximum atomic E-state index is 12.0. The summed E-state index contributed by atoms with van der Waals surface area (Å²) in [6.07, 6.45) is -0.362. The number of hydrogen-bond donors (Lipinski definition) is 1. The Kier molecular flexibility index (Phi) is 4.17. The zero-order valence-corrected chi connectivity index (χ0v) is 15.4. The normalized spacial score (nSPS) is 17.9. The average Bonchev–Trinajstić information content (AvgIpc) is 2.32. The van der Waals surface area contributed by atoms with Crippen LogP contribution in [0.25, 0.3) is 0 Å². The van der Waals surface area contributed by atoms with Crippen LogP contribution in [0.15, 0.2) is 24.3 Å². The predicted octanol–water partition coefficient (Wildman–Crippen LogP) is 2.67. The number of β-amino-alcohol motifs (C(OH)–C–C–N with tert-alkyl or cyclic N) is 1. The first-order valence-electron chi connectivity index (χ1n) is 7.72. The Bertz CT molecular complexity index is 566. The zero-order valence-electron chi connectivity index (χ0n) is 14.4. The van der Waals surface area contributed by atoms with E-state index >= 15 is 0 Å². The summed E-state index contributed by atoms with van der Waals surface area (Å²) in [4.78, 5) is 13.5. The fourth-order valence-corrected chi connectivity index (χ4v) is 3.68. The molecule has 0 bridgehead atoms. The van der Waals surface area contributed by atoms with Crippen molar-refractivity contribution in [2.45, 2.75) is 51.6 Å². The maximum Gasteiger partial charge on any atom is 0.410 e. The van der Waals surface area contributed by atoms with Crippen LogP contribution in [-0.2, 0) is 10.3 Å². The van der Waals surface area contributed by atoms with Gasteiger partial charge in [-0.05, 0) is 26.3 Å². The largest absolute Gasteiger partial charge is 0.444 e. The van der Waals surface area contributed by atoms with E-state index in [2.05, 4.69) is 31.8 Å². The summed E-state index contributed by atoms with van der Waals surface area (Å²) >= 11 is 0. The fraction of sp³-hybridized carbons (Fsp3) is 0.588. The molecule has 0 aromatic heterocycles. The van der Waals surface area contributed by atoms with E-state index in [-0.39, 0.29) is 19.2 Å². The molecule has 4 nitrogen and oxygen atoms in total. The van der Waals surface area contributed by atoms with Crippen LogP contribution in [0.5, 0.6) is 0 Å². The van der Waals surface area contributed by atoms with Gasteiger partial charge in [0.25, 0.3) is 0 Å². The Morgan fingerprint density at radius 1 is 1.27 bits per heavy atom. The molecule has 1 aromatic carbocycles. The molecule has 5 heteroatoms. The van der Waals surface area contributed by atoms with Crippen molar-refractivity contribution in [3.63, 3.8) is 0 Å². The van der Waals surface area contributed by atoms with E-state index in [1.54, 1.807) is 4.90 Å². The standard InChI is InChI=1S/C17H27NO3Si/c1-16(2,3)21-15(19)18-11-17(20,12-18)13-8-7-9-14(10-13)22(4,5)6/h7-10,20H,11-12H2,1-6H3. The highest BCUT2D eigenvalue weighted by atomic mass is 28.3. The molecular formula is C17H27NO3Si. The Labute approximate surface area is 134 Å². The zero-order chi connectivity index (χ0) is 16.8. The summed E-state index contributed by atoms with van der Waals surface area (Å²) in [7, 11) is -1.42. The Morgan fingerprint density at radius 2 is 1.86 bits per heavy atom. The second-order valence-corrected chi connectivity index (χ2v) is 13.3. The van der Waals surface area contributed by atoms with Gasteiger partial charge in [-0.3, -0.25) is 0 Å². The third kappa shape index (κ3) is 3.70. The van der Waals surface area contributed by atoms with E-state index in [1.807, 2.05) is 32.9 Å². The first kappa shape index (κ1) is 17.0. The van der Waals surface area contributed by atoms with Gasteiger partial charge in [0, 0.05) is 0 Å².